The van der Waals surface area contributed by atoms with Gasteiger partial charge in [-0.3, -0.25) is 4.90 Å². The molecular formula is C23H34N8O. The molecule has 0 aliphatic carbocycles. The Morgan fingerprint density at radius 1 is 1.12 bits per heavy atom. The zero-order valence-corrected chi connectivity index (χ0v) is 19.3. The second-order valence-electron chi connectivity index (χ2n) is 8.22. The molecule has 1 aromatic carbocycles. The third kappa shape index (κ3) is 5.46. The lowest BCUT2D eigenvalue weighted by molar-refractivity contribution is 0.0389. The van der Waals surface area contributed by atoms with Crippen molar-refractivity contribution in [2.75, 3.05) is 45.9 Å². The summed E-state index contributed by atoms with van der Waals surface area (Å²) >= 11 is 0. The van der Waals surface area contributed by atoms with Gasteiger partial charge >= 0.3 is 0 Å². The van der Waals surface area contributed by atoms with Gasteiger partial charge in [0.1, 0.15) is 12.4 Å². The van der Waals surface area contributed by atoms with Crippen molar-refractivity contribution in [2.45, 2.75) is 26.8 Å². The minimum atomic E-state index is 0.482. The molecule has 1 fully saturated rings. The zero-order valence-electron chi connectivity index (χ0n) is 19.3. The van der Waals surface area contributed by atoms with Crippen LogP contribution in [-0.4, -0.2) is 76.5 Å². The molecule has 9 nitrogen and oxygen atoms in total. The normalized spacial score (nSPS) is 15.4. The Morgan fingerprint density at radius 2 is 1.91 bits per heavy atom. The number of benzene rings is 1. The third-order valence-corrected chi connectivity index (χ3v) is 6.08. The fourth-order valence-electron chi connectivity index (χ4n) is 4.03. The van der Waals surface area contributed by atoms with E-state index >= 15 is 0 Å². The molecule has 172 valence electrons. The van der Waals surface area contributed by atoms with E-state index in [2.05, 4.69) is 61.9 Å². The van der Waals surface area contributed by atoms with Gasteiger partial charge in [-0.2, -0.15) is 0 Å². The van der Waals surface area contributed by atoms with E-state index in [0.717, 1.165) is 70.0 Å². The molecule has 1 aliphatic heterocycles. The molecule has 2 aromatic heterocycles. The molecule has 3 N–H and O–H groups in total. The van der Waals surface area contributed by atoms with Gasteiger partial charge in [-0.05, 0) is 31.9 Å². The van der Waals surface area contributed by atoms with Gasteiger partial charge in [-0.25, -0.2) is 4.99 Å². The van der Waals surface area contributed by atoms with Crippen LogP contribution in [0.2, 0.25) is 0 Å². The number of aliphatic imine (C=N–C) groups is 1. The molecule has 32 heavy (non-hydrogen) atoms. The lowest BCUT2D eigenvalue weighted by atomic mass is 10.1. The second kappa shape index (κ2) is 10.6. The molecule has 1 aliphatic rings. The summed E-state index contributed by atoms with van der Waals surface area (Å²) in [6, 6.07) is 8.47. The fraction of sp³-hybridized carbons (Fsp3) is 0.522. The molecule has 0 saturated carbocycles. The first-order valence-corrected chi connectivity index (χ1v) is 11.3. The summed E-state index contributed by atoms with van der Waals surface area (Å²) in [4.78, 5) is 10.7. The van der Waals surface area contributed by atoms with Gasteiger partial charge in [0.25, 0.3) is 0 Å². The summed E-state index contributed by atoms with van der Waals surface area (Å²) in [5.74, 6) is 2.54. The minimum absolute atomic E-state index is 0.482. The Labute approximate surface area is 189 Å². The molecule has 0 radical (unpaired) electrons. The Kier molecular flexibility index (Phi) is 7.39. The van der Waals surface area contributed by atoms with Crippen LogP contribution < -0.4 is 10.6 Å². The average Bonchev–Trinajstić information content (AvgIpc) is 3.30. The predicted octanol–water partition coefficient (Wildman–Crippen LogP) is 1.52. The van der Waals surface area contributed by atoms with Crippen molar-refractivity contribution < 1.29 is 4.74 Å². The molecule has 0 unspecified atom stereocenters. The highest BCUT2D eigenvalue weighted by Gasteiger charge is 2.11. The molecular weight excluding hydrogens is 404 g/mol. The predicted molar refractivity (Wildman–Crippen MR) is 127 cm³/mol. The van der Waals surface area contributed by atoms with Crippen LogP contribution in [0.15, 0.2) is 29.3 Å². The first-order valence-electron chi connectivity index (χ1n) is 11.3. The van der Waals surface area contributed by atoms with Crippen molar-refractivity contribution in [3.63, 3.8) is 0 Å². The number of nitrogens with one attached hydrogen (secondary N) is 3. The summed E-state index contributed by atoms with van der Waals surface area (Å²) in [5.41, 5.74) is 3.76. The van der Waals surface area contributed by atoms with Crippen LogP contribution in [0.5, 0.6) is 0 Å². The Hall–Kier alpha value is -2.91. The van der Waals surface area contributed by atoms with Gasteiger partial charge < -0.3 is 24.9 Å². The standard InChI is InChI=1S/C23H34N8O/c1-17-19(20-6-4-5-7-21(20)27-17)8-9-24-23(25-10-11-31-12-14-32-15-13-31)26-16-22-29-28-18(2)30(22)3/h4-7,27H,8-16H2,1-3H3,(H2,24,25,26). The lowest BCUT2D eigenvalue weighted by Gasteiger charge is -2.26. The van der Waals surface area contributed by atoms with E-state index in [1.54, 1.807) is 0 Å². The van der Waals surface area contributed by atoms with Crippen molar-refractivity contribution in [1.82, 2.24) is 35.3 Å². The van der Waals surface area contributed by atoms with Crippen molar-refractivity contribution in [3.05, 3.63) is 47.2 Å². The van der Waals surface area contributed by atoms with Gasteiger partial charge in [0.2, 0.25) is 0 Å². The van der Waals surface area contributed by atoms with Gasteiger partial charge in [-0.1, -0.05) is 18.2 Å². The van der Waals surface area contributed by atoms with Crippen LogP contribution in [0.25, 0.3) is 10.9 Å². The van der Waals surface area contributed by atoms with Crippen LogP contribution >= 0.6 is 0 Å². The quantitative estimate of drug-likeness (QED) is 0.365. The number of rotatable bonds is 8. The number of aromatic nitrogens is 4. The number of hydrogen-bond donors (Lipinski definition) is 3. The summed E-state index contributed by atoms with van der Waals surface area (Å²) in [6.07, 6.45) is 0.920. The second-order valence-corrected chi connectivity index (χ2v) is 8.22. The summed E-state index contributed by atoms with van der Waals surface area (Å²) < 4.78 is 7.42. The zero-order chi connectivity index (χ0) is 22.3. The van der Waals surface area contributed by atoms with Crippen LogP contribution in [0.3, 0.4) is 0 Å². The molecule has 0 atom stereocenters. The molecule has 3 heterocycles. The number of para-hydroxylation sites is 1. The number of fused-ring (bicyclic) bond motifs is 1. The SMILES string of the molecule is Cc1[nH]c2ccccc2c1CCNC(=NCc1nnc(C)n1C)NCCN1CCOCC1. The molecule has 9 heteroatoms. The maximum absolute atomic E-state index is 5.44. The Morgan fingerprint density at radius 3 is 2.69 bits per heavy atom. The highest BCUT2D eigenvalue weighted by atomic mass is 16.5. The van der Waals surface area contributed by atoms with Crippen LogP contribution in [-0.2, 0) is 24.8 Å². The number of H-pyrrole nitrogens is 1. The molecule has 1 saturated heterocycles. The summed E-state index contributed by atoms with van der Waals surface area (Å²) in [5, 5.41) is 16.7. The first kappa shape index (κ1) is 22.3. The largest absolute Gasteiger partial charge is 0.379 e. The van der Waals surface area contributed by atoms with Gasteiger partial charge in [-0.15, -0.1) is 10.2 Å². The molecule has 4 rings (SSSR count). The monoisotopic (exact) mass is 438 g/mol. The Balaban J connectivity index is 1.37. The van der Waals surface area contributed by atoms with Crippen molar-refractivity contribution in [3.8, 4) is 0 Å². The number of aryl methyl sites for hydroxylation is 2. The summed E-state index contributed by atoms with van der Waals surface area (Å²) in [7, 11) is 1.97. The van der Waals surface area contributed by atoms with E-state index in [1.165, 1.54) is 22.2 Å². The van der Waals surface area contributed by atoms with E-state index in [-0.39, 0.29) is 0 Å². The number of aromatic amines is 1. The van der Waals surface area contributed by atoms with Crippen LogP contribution in [0.1, 0.15) is 22.9 Å². The number of guanidine groups is 1. The van der Waals surface area contributed by atoms with E-state index in [4.69, 9.17) is 9.73 Å². The van der Waals surface area contributed by atoms with Crippen LogP contribution in [0.4, 0.5) is 0 Å². The molecule has 0 bridgehead atoms. The third-order valence-electron chi connectivity index (χ3n) is 6.08. The molecule has 0 spiro atoms. The number of morpholine rings is 1. The van der Waals surface area contributed by atoms with E-state index in [1.807, 2.05) is 18.5 Å². The van der Waals surface area contributed by atoms with Crippen molar-refractivity contribution in [2.24, 2.45) is 12.0 Å². The maximum atomic E-state index is 5.44. The maximum Gasteiger partial charge on any atom is 0.191 e. The molecule has 3 aromatic rings. The van der Waals surface area contributed by atoms with Gasteiger partial charge in [0.05, 0.1) is 13.2 Å². The van der Waals surface area contributed by atoms with Crippen LogP contribution in [0, 0.1) is 13.8 Å². The Bertz CT molecular complexity index is 1050. The highest BCUT2D eigenvalue weighted by molar-refractivity contribution is 5.84. The van der Waals surface area contributed by atoms with Crippen molar-refractivity contribution in [1.29, 1.82) is 0 Å². The van der Waals surface area contributed by atoms with E-state index in [9.17, 15) is 0 Å². The van der Waals surface area contributed by atoms with Gasteiger partial charge in [0.15, 0.2) is 11.8 Å². The highest BCUT2D eigenvalue weighted by Crippen LogP contribution is 2.21. The van der Waals surface area contributed by atoms with E-state index < -0.39 is 0 Å². The number of hydrogen-bond acceptors (Lipinski definition) is 5. The molecule has 0 amide bonds. The number of nitrogens with zero attached hydrogens (tertiary/aromatic N) is 5. The van der Waals surface area contributed by atoms with E-state index in [0.29, 0.717) is 6.54 Å². The lowest BCUT2D eigenvalue weighted by Crippen LogP contribution is -2.44. The average molecular weight is 439 g/mol. The van der Waals surface area contributed by atoms with Gasteiger partial charge in [0, 0.05) is 56.4 Å². The topological polar surface area (TPSA) is 95.4 Å². The number of ether oxygens (including phenoxy) is 1. The smallest absolute Gasteiger partial charge is 0.191 e. The van der Waals surface area contributed by atoms with Crippen molar-refractivity contribution >= 4 is 16.9 Å². The summed E-state index contributed by atoms with van der Waals surface area (Å²) in [6.45, 7) is 10.8. The minimum Gasteiger partial charge on any atom is -0.379 e. The first-order chi connectivity index (χ1) is 15.6. The fourth-order valence-corrected chi connectivity index (χ4v) is 4.03.